The predicted molar refractivity (Wildman–Crippen MR) is 58.4 cm³/mol. The topological polar surface area (TPSA) is 74.6 Å². The van der Waals surface area contributed by atoms with E-state index in [1.54, 1.807) is 12.1 Å². The van der Waals surface area contributed by atoms with Crippen LogP contribution in [0.4, 0.5) is 0 Å². The predicted octanol–water partition coefficient (Wildman–Crippen LogP) is 1.89. The first-order valence-corrected chi connectivity index (χ1v) is 5.08. The Hall–Kier alpha value is -1.84. The Morgan fingerprint density at radius 3 is 2.12 bits per heavy atom. The zero-order valence-electron chi connectivity index (χ0n) is 9.01. The number of carboxylic acid groups (broad SMARTS) is 2. The smallest absolute Gasteiger partial charge is 0.311 e. The summed E-state index contributed by atoms with van der Waals surface area (Å²) < 4.78 is 0. The van der Waals surface area contributed by atoms with Crippen LogP contribution in [0.2, 0.25) is 0 Å². The van der Waals surface area contributed by atoms with Gasteiger partial charge in [-0.2, -0.15) is 0 Å². The number of hydrogen-bond donors (Lipinski definition) is 2. The molecule has 0 saturated carbocycles. The number of aryl methyl sites for hydroxylation is 1. The van der Waals surface area contributed by atoms with E-state index >= 15 is 0 Å². The molecular weight excluding hydrogens is 208 g/mol. The summed E-state index contributed by atoms with van der Waals surface area (Å²) in [6.45, 7) is 2.00. The van der Waals surface area contributed by atoms with Gasteiger partial charge in [-0.05, 0) is 17.5 Å². The molecule has 2 N–H and O–H groups in total. The van der Waals surface area contributed by atoms with Gasteiger partial charge in [0.25, 0.3) is 0 Å². The third kappa shape index (κ3) is 3.08. The van der Waals surface area contributed by atoms with Gasteiger partial charge in [-0.15, -0.1) is 0 Å². The Morgan fingerprint density at radius 1 is 1.19 bits per heavy atom. The van der Waals surface area contributed by atoms with Crippen molar-refractivity contribution in [1.82, 2.24) is 0 Å². The van der Waals surface area contributed by atoms with Crippen LogP contribution in [-0.4, -0.2) is 22.2 Å². The van der Waals surface area contributed by atoms with E-state index < -0.39 is 17.9 Å². The summed E-state index contributed by atoms with van der Waals surface area (Å²) in [5.74, 6) is -3.18. The van der Waals surface area contributed by atoms with Gasteiger partial charge in [0.15, 0.2) is 0 Å². The molecule has 0 bridgehead atoms. The van der Waals surface area contributed by atoms with Crippen molar-refractivity contribution in [3.63, 3.8) is 0 Å². The highest BCUT2D eigenvalue weighted by Crippen LogP contribution is 2.20. The minimum atomic E-state index is -1.10. The Balaban J connectivity index is 2.92. The van der Waals surface area contributed by atoms with E-state index in [2.05, 4.69) is 0 Å². The van der Waals surface area contributed by atoms with Crippen LogP contribution in [0.15, 0.2) is 24.3 Å². The summed E-state index contributed by atoms with van der Waals surface area (Å²) in [6, 6.07) is 7.02. The molecule has 0 amide bonds. The summed E-state index contributed by atoms with van der Waals surface area (Å²) in [7, 11) is 0. The SMILES string of the molecule is CCc1ccc([C@H](CC(=O)O)C(=O)O)cc1. The van der Waals surface area contributed by atoms with Gasteiger partial charge in [0.1, 0.15) is 0 Å². The van der Waals surface area contributed by atoms with Crippen LogP contribution in [-0.2, 0) is 16.0 Å². The lowest BCUT2D eigenvalue weighted by molar-refractivity contribution is -0.145. The second kappa shape index (κ2) is 5.30. The second-order valence-corrected chi connectivity index (χ2v) is 3.58. The number of hydrogen-bond acceptors (Lipinski definition) is 2. The fraction of sp³-hybridized carbons (Fsp3) is 0.333. The molecule has 0 saturated heterocycles. The maximum atomic E-state index is 10.9. The molecule has 0 spiro atoms. The van der Waals surface area contributed by atoms with Gasteiger partial charge in [-0.3, -0.25) is 9.59 Å². The maximum absolute atomic E-state index is 10.9. The van der Waals surface area contributed by atoms with Crippen molar-refractivity contribution in [1.29, 1.82) is 0 Å². The molecule has 0 radical (unpaired) electrons. The highest BCUT2D eigenvalue weighted by molar-refractivity contribution is 5.82. The van der Waals surface area contributed by atoms with Crippen LogP contribution in [0, 0.1) is 0 Å². The van der Waals surface area contributed by atoms with Crippen LogP contribution in [0.25, 0.3) is 0 Å². The van der Waals surface area contributed by atoms with Crippen molar-refractivity contribution in [3.8, 4) is 0 Å². The monoisotopic (exact) mass is 222 g/mol. The average molecular weight is 222 g/mol. The lowest BCUT2D eigenvalue weighted by Crippen LogP contribution is -2.15. The fourth-order valence-corrected chi connectivity index (χ4v) is 1.51. The second-order valence-electron chi connectivity index (χ2n) is 3.58. The summed E-state index contributed by atoms with van der Waals surface area (Å²) in [5.41, 5.74) is 1.63. The molecule has 0 fully saturated rings. The van der Waals surface area contributed by atoms with E-state index in [0.717, 1.165) is 12.0 Å². The van der Waals surface area contributed by atoms with Crippen molar-refractivity contribution >= 4 is 11.9 Å². The third-order valence-corrected chi connectivity index (χ3v) is 2.47. The number of aliphatic carboxylic acids is 2. The first kappa shape index (κ1) is 12.2. The van der Waals surface area contributed by atoms with Gasteiger partial charge < -0.3 is 10.2 Å². The largest absolute Gasteiger partial charge is 0.481 e. The van der Waals surface area contributed by atoms with Crippen molar-refractivity contribution in [2.45, 2.75) is 25.7 Å². The molecule has 0 aromatic heterocycles. The zero-order valence-corrected chi connectivity index (χ0v) is 9.01. The van der Waals surface area contributed by atoms with Gasteiger partial charge in [0.05, 0.1) is 12.3 Å². The number of benzene rings is 1. The average Bonchev–Trinajstić information content (AvgIpc) is 2.25. The number of rotatable bonds is 5. The Kier molecular flexibility index (Phi) is 4.05. The molecule has 1 rings (SSSR count). The molecule has 0 unspecified atom stereocenters. The van der Waals surface area contributed by atoms with Crippen LogP contribution < -0.4 is 0 Å². The summed E-state index contributed by atoms with van der Waals surface area (Å²) in [5, 5.41) is 17.6. The maximum Gasteiger partial charge on any atom is 0.311 e. The van der Waals surface area contributed by atoms with Crippen LogP contribution in [0.3, 0.4) is 0 Å². The van der Waals surface area contributed by atoms with E-state index in [4.69, 9.17) is 10.2 Å². The number of carboxylic acids is 2. The Morgan fingerprint density at radius 2 is 1.75 bits per heavy atom. The standard InChI is InChI=1S/C12H14O4/c1-2-8-3-5-9(6-4-8)10(12(15)16)7-11(13)14/h3-6,10H,2,7H2,1H3,(H,13,14)(H,15,16)/t10-/m0/s1. The van der Waals surface area contributed by atoms with E-state index in [9.17, 15) is 9.59 Å². The van der Waals surface area contributed by atoms with Crippen LogP contribution in [0.5, 0.6) is 0 Å². The van der Waals surface area contributed by atoms with E-state index in [-0.39, 0.29) is 6.42 Å². The highest BCUT2D eigenvalue weighted by atomic mass is 16.4. The first-order chi connectivity index (χ1) is 7.54. The zero-order chi connectivity index (χ0) is 12.1. The molecular formula is C12H14O4. The lowest BCUT2D eigenvalue weighted by atomic mass is 9.95. The molecule has 1 aromatic carbocycles. The van der Waals surface area contributed by atoms with E-state index in [1.807, 2.05) is 19.1 Å². The normalized spacial score (nSPS) is 12.1. The molecule has 0 aliphatic rings. The third-order valence-electron chi connectivity index (χ3n) is 2.47. The van der Waals surface area contributed by atoms with Crippen LogP contribution in [0.1, 0.15) is 30.4 Å². The molecule has 0 heterocycles. The minimum absolute atomic E-state index is 0.388. The molecule has 16 heavy (non-hydrogen) atoms. The highest BCUT2D eigenvalue weighted by Gasteiger charge is 2.22. The van der Waals surface area contributed by atoms with Gasteiger partial charge in [-0.25, -0.2) is 0 Å². The Labute approximate surface area is 93.5 Å². The van der Waals surface area contributed by atoms with E-state index in [1.165, 1.54) is 0 Å². The quantitative estimate of drug-likeness (QED) is 0.797. The van der Waals surface area contributed by atoms with Gasteiger partial charge in [-0.1, -0.05) is 31.2 Å². The molecule has 0 aliphatic heterocycles. The lowest BCUT2D eigenvalue weighted by Gasteiger charge is -2.10. The fourth-order valence-electron chi connectivity index (χ4n) is 1.51. The summed E-state index contributed by atoms with van der Waals surface area (Å²) >= 11 is 0. The van der Waals surface area contributed by atoms with E-state index in [0.29, 0.717) is 5.56 Å². The van der Waals surface area contributed by atoms with Crippen molar-refractivity contribution in [3.05, 3.63) is 35.4 Å². The summed E-state index contributed by atoms with van der Waals surface area (Å²) in [6.07, 6.45) is 0.484. The number of carbonyl (C=O) groups is 2. The molecule has 1 aromatic rings. The minimum Gasteiger partial charge on any atom is -0.481 e. The molecule has 4 nitrogen and oxygen atoms in total. The molecule has 4 heteroatoms. The molecule has 1 atom stereocenters. The van der Waals surface area contributed by atoms with Crippen molar-refractivity contribution < 1.29 is 19.8 Å². The summed E-state index contributed by atoms with van der Waals surface area (Å²) in [4.78, 5) is 21.5. The Bertz CT molecular complexity index is 381. The molecule has 0 aliphatic carbocycles. The van der Waals surface area contributed by atoms with Gasteiger partial charge >= 0.3 is 11.9 Å². The molecule has 86 valence electrons. The van der Waals surface area contributed by atoms with Gasteiger partial charge in [0.2, 0.25) is 0 Å². The first-order valence-electron chi connectivity index (χ1n) is 5.08. The van der Waals surface area contributed by atoms with Crippen LogP contribution >= 0.6 is 0 Å². The van der Waals surface area contributed by atoms with Crippen molar-refractivity contribution in [2.24, 2.45) is 0 Å². The van der Waals surface area contributed by atoms with Gasteiger partial charge in [0, 0.05) is 0 Å². The van der Waals surface area contributed by atoms with Crippen molar-refractivity contribution in [2.75, 3.05) is 0 Å².